The quantitative estimate of drug-likeness (QED) is 0.843. The molecular formula is C13H15NO4S3. The van der Waals surface area contributed by atoms with Crippen LogP contribution in [0.4, 0.5) is 5.00 Å². The van der Waals surface area contributed by atoms with E-state index in [4.69, 9.17) is 4.74 Å². The molecule has 114 valence electrons. The first-order valence-electron chi connectivity index (χ1n) is 6.20. The van der Waals surface area contributed by atoms with Crippen molar-refractivity contribution in [2.45, 2.75) is 25.0 Å². The zero-order chi connectivity index (χ0) is 15.6. The van der Waals surface area contributed by atoms with Gasteiger partial charge in [0.15, 0.2) is 0 Å². The lowest BCUT2D eigenvalue weighted by molar-refractivity contribution is 0.0527. The predicted octanol–water partition coefficient (Wildman–Crippen LogP) is 3.40. The summed E-state index contributed by atoms with van der Waals surface area (Å²) in [5.41, 5.74) is 1.03. The highest BCUT2D eigenvalue weighted by Crippen LogP contribution is 2.35. The van der Waals surface area contributed by atoms with Crippen molar-refractivity contribution in [3.05, 3.63) is 33.5 Å². The van der Waals surface area contributed by atoms with Crippen LogP contribution in [0.15, 0.2) is 21.7 Å². The molecule has 0 spiro atoms. The van der Waals surface area contributed by atoms with Crippen LogP contribution in [0, 0.1) is 13.8 Å². The molecule has 0 radical (unpaired) electrons. The van der Waals surface area contributed by atoms with Gasteiger partial charge in [-0.15, -0.1) is 22.7 Å². The summed E-state index contributed by atoms with van der Waals surface area (Å²) in [6.07, 6.45) is 0. The number of anilines is 1. The highest BCUT2D eigenvalue weighted by atomic mass is 32.2. The number of rotatable bonds is 5. The average Bonchev–Trinajstić information content (AvgIpc) is 3.00. The first kappa shape index (κ1) is 16.0. The van der Waals surface area contributed by atoms with Crippen molar-refractivity contribution in [1.29, 1.82) is 0 Å². The molecule has 0 amide bonds. The molecule has 0 atom stereocenters. The van der Waals surface area contributed by atoms with Crippen LogP contribution >= 0.6 is 22.7 Å². The lowest BCUT2D eigenvalue weighted by atomic mass is 10.2. The van der Waals surface area contributed by atoms with Crippen LogP contribution in [-0.2, 0) is 14.8 Å². The number of carbonyl (C=O) groups is 1. The molecule has 0 aliphatic rings. The number of carbonyl (C=O) groups excluding carboxylic acids is 1. The molecular weight excluding hydrogens is 330 g/mol. The summed E-state index contributed by atoms with van der Waals surface area (Å²) in [5, 5.41) is 1.99. The molecule has 2 heterocycles. The summed E-state index contributed by atoms with van der Waals surface area (Å²) < 4.78 is 32.2. The maximum atomic E-state index is 12.3. The van der Waals surface area contributed by atoms with E-state index in [1.807, 2.05) is 6.92 Å². The summed E-state index contributed by atoms with van der Waals surface area (Å²) >= 11 is 2.36. The Morgan fingerprint density at radius 1 is 1.38 bits per heavy atom. The molecule has 0 saturated heterocycles. The molecule has 0 saturated carbocycles. The third kappa shape index (κ3) is 3.28. The van der Waals surface area contributed by atoms with Gasteiger partial charge < -0.3 is 4.74 Å². The summed E-state index contributed by atoms with van der Waals surface area (Å²) in [6.45, 7) is 5.57. The maximum Gasteiger partial charge on any atom is 0.341 e. The fraction of sp³-hybridized carbons (Fsp3) is 0.308. The van der Waals surface area contributed by atoms with Gasteiger partial charge in [-0.05, 0) is 37.8 Å². The number of aryl methyl sites for hydroxylation is 1. The van der Waals surface area contributed by atoms with E-state index in [0.29, 0.717) is 10.6 Å². The molecule has 0 unspecified atom stereocenters. The number of hydrogen-bond acceptors (Lipinski definition) is 6. The second-order valence-electron chi connectivity index (χ2n) is 4.25. The second-order valence-corrected chi connectivity index (χ2v) is 8.33. The van der Waals surface area contributed by atoms with E-state index in [1.54, 1.807) is 25.3 Å². The molecule has 0 bridgehead atoms. The fourth-order valence-corrected chi connectivity index (χ4v) is 5.08. The zero-order valence-corrected chi connectivity index (χ0v) is 14.2. The van der Waals surface area contributed by atoms with Gasteiger partial charge >= 0.3 is 5.97 Å². The van der Waals surface area contributed by atoms with Gasteiger partial charge in [0, 0.05) is 4.88 Å². The van der Waals surface area contributed by atoms with Gasteiger partial charge in [-0.1, -0.05) is 6.07 Å². The Kier molecular flexibility index (Phi) is 4.70. The van der Waals surface area contributed by atoms with Gasteiger partial charge in [0.25, 0.3) is 10.0 Å². The Morgan fingerprint density at radius 3 is 2.67 bits per heavy atom. The Labute approximate surface area is 131 Å². The van der Waals surface area contributed by atoms with Gasteiger partial charge in [-0.25, -0.2) is 13.2 Å². The molecule has 2 aromatic heterocycles. The van der Waals surface area contributed by atoms with Gasteiger partial charge in [-0.3, -0.25) is 4.72 Å². The number of hydrogen-bond donors (Lipinski definition) is 1. The van der Waals surface area contributed by atoms with E-state index in [0.717, 1.165) is 21.8 Å². The topological polar surface area (TPSA) is 72.5 Å². The van der Waals surface area contributed by atoms with Crippen molar-refractivity contribution in [2.24, 2.45) is 0 Å². The Balaban J connectivity index is 2.41. The molecule has 0 aromatic carbocycles. The summed E-state index contributed by atoms with van der Waals surface area (Å²) in [7, 11) is -3.67. The molecule has 21 heavy (non-hydrogen) atoms. The van der Waals surface area contributed by atoms with Crippen molar-refractivity contribution in [3.8, 4) is 0 Å². The normalized spacial score (nSPS) is 11.4. The highest BCUT2D eigenvalue weighted by Gasteiger charge is 2.25. The minimum absolute atomic E-state index is 0.209. The van der Waals surface area contributed by atoms with Gasteiger partial charge in [0.2, 0.25) is 0 Å². The number of esters is 1. The fourth-order valence-electron chi connectivity index (χ4n) is 1.74. The summed E-state index contributed by atoms with van der Waals surface area (Å²) in [6, 6.07) is 3.18. The third-order valence-electron chi connectivity index (χ3n) is 2.85. The van der Waals surface area contributed by atoms with Crippen molar-refractivity contribution in [1.82, 2.24) is 0 Å². The van der Waals surface area contributed by atoms with E-state index in [-0.39, 0.29) is 10.8 Å². The second kappa shape index (κ2) is 6.17. The van der Waals surface area contributed by atoms with Crippen LogP contribution < -0.4 is 4.72 Å². The molecule has 2 rings (SSSR count). The summed E-state index contributed by atoms with van der Waals surface area (Å²) in [4.78, 5) is 12.9. The zero-order valence-electron chi connectivity index (χ0n) is 11.8. The van der Waals surface area contributed by atoms with Crippen molar-refractivity contribution in [3.63, 3.8) is 0 Å². The van der Waals surface area contributed by atoms with Gasteiger partial charge in [0.1, 0.15) is 9.21 Å². The van der Waals surface area contributed by atoms with Crippen LogP contribution in [0.3, 0.4) is 0 Å². The van der Waals surface area contributed by atoms with Crippen molar-refractivity contribution >= 4 is 43.7 Å². The Morgan fingerprint density at radius 2 is 2.10 bits per heavy atom. The van der Waals surface area contributed by atoms with Gasteiger partial charge in [-0.2, -0.15) is 0 Å². The molecule has 0 aliphatic carbocycles. The molecule has 5 nitrogen and oxygen atoms in total. The standard InChI is InChI=1S/C13H15NO4S3/c1-4-18-13(15)11-8(2)9(3)20-12(11)14-21(16,17)10-6-5-7-19-10/h5-7,14H,4H2,1-3H3. The molecule has 1 N–H and O–H groups in total. The van der Waals surface area contributed by atoms with Crippen LogP contribution in [0.25, 0.3) is 0 Å². The van der Waals surface area contributed by atoms with Gasteiger partial charge in [0.05, 0.1) is 12.2 Å². The SMILES string of the molecule is CCOC(=O)c1c(NS(=O)(=O)c2cccs2)sc(C)c1C. The lowest BCUT2D eigenvalue weighted by Gasteiger charge is -2.07. The number of sulfonamides is 1. The molecule has 8 heteroatoms. The molecule has 2 aromatic rings. The Bertz CT molecular complexity index is 745. The van der Waals surface area contributed by atoms with E-state index in [9.17, 15) is 13.2 Å². The lowest BCUT2D eigenvalue weighted by Crippen LogP contribution is -2.14. The van der Waals surface area contributed by atoms with E-state index >= 15 is 0 Å². The monoisotopic (exact) mass is 345 g/mol. The van der Waals surface area contributed by atoms with E-state index in [2.05, 4.69) is 4.72 Å². The number of nitrogens with one attached hydrogen (secondary N) is 1. The van der Waals surface area contributed by atoms with Crippen LogP contribution in [0.1, 0.15) is 27.7 Å². The van der Waals surface area contributed by atoms with Crippen LogP contribution in [0.2, 0.25) is 0 Å². The van der Waals surface area contributed by atoms with Crippen LogP contribution in [-0.4, -0.2) is 21.0 Å². The molecule has 0 fully saturated rings. The van der Waals surface area contributed by atoms with Crippen molar-refractivity contribution in [2.75, 3.05) is 11.3 Å². The first-order chi connectivity index (χ1) is 9.86. The summed E-state index contributed by atoms with van der Waals surface area (Å²) in [5.74, 6) is -0.511. The number of thiophene rings is 2. The minimum Gasteiger partial charge on any atom is -0.462 e. The Hall–Kier alpha value is -1.38. The number of ether oxygens (including phenoxy) is 1. The smallest absolute Gasteiger partial charge is 0.341 e. The average molecular weight is 345 g/mol. The predicted molar refractivity (Wildman–Crippen MR) is 84.9 cm³/mol. The van der Waals surface area contributed by atoms with E-state index in [1.165, 1.54) is 17.4 Å². The van der Waals surface area contributed by atoms with E-state index < -0.39 is 16.0 Å². The van der Waals surface area contributed by atoms with Crippen LogP contribution in [0.5, 0.6) is 0 Å². The highest BCUT2D eigenvalue weighted by molar-refractivity contribution is 7.94. The largest absolute Gasteiger partial charge is 0.462 e. The maximum absolute atomic E-state index is 12.3. The first-order valence-corrected chi connectivity index (χ1v) is 9.38. The third-order valence-corrected chi connectivity index (χ3v) is 6.85. The minimum atomic E-state index is -3.67. The molecule has 0 aliphatic heterocycles. The van der Waals surface area contributed by atoms with Crippen molar-refractivity contribution < 1.29 is 17.9 Å².